The van der Waals surface area contributed by atoms with E-state index in [0.717, 1.165) is 12.8 Å². The van der Waals surface area contributed by atoms with Crippen molar-refractivity contribution in [3.05, 3.63) is 51.5 Å². The predicted octanol–water partition coefficient (Wildman–Crippen LogP) is 4.91. The third kappa shape index (κ3) is 3.49. The van der Waals surface area contributed by atoms with E-state index in [0.29, 0.717) is 40.3 Å². The number of nitrogens with zero attached hydrogens (tertiary/aromatic N) is 3. The molecule has 32 heavy (non-hydrogen) atoms. The van der Waals surface area contributed by atoms with Gasteiger partial charge in [-0.15, -0.1) is 0 Å². The predicted molar refractivity (Wildman–Crippen MR) is 127 cm³/mol. The van der Waals surface area contributed by atoms with Gasteiger partial charge in [0, 0.05) is 36.1 Å². The Hall–Kier alpha value is -2.77. The maximum Gasteiger partial charge on any atom is 0.276 e. The largest absolute Gasteiger partial charge is 0.380 e. The van der Waals surface area contributed by atoms with Gasteiger partial charge in [-0.1, -0.05) is 11.6 Å². The summed E-state index contributed by atoms with van der Waals surface area (Å²) in [6, 6.07) is 9.27. The van der Waals surface area contributed by atoms with Crippen LogP contribution in [-0.2, 0) is 7.05 Å². The lowest BCUT2D eigenvalue weighted by atomic mass is 10.1. The van der Waals surface area contributed by atoms with Gasteiger partial charge in [0.1, 0.15) is 21.7 Å². The van der Waals surface area contributed by atoms with Crippen molar-refractivity contribution in [1.82, 2.24) is 9.55 Å². The Morgan fingerprint density at radius 1 is 1.31 bits per heavy atom. The van der Waals surface area contributed by atoms with Crippen LogP contribution in [0, 0.1) is 17.2 Å². The van der Waals surface area contributed by atoms with E-state index in [9.17, 15) is 19.2 Å². The molecule has 0 spiro atoms. The second-order valence-electron chi connectivity index (χ2n) is 8.31. The van der Waals surface area contributed by atoms with Gasteiger partial charge in [-0.25, -0.2) is 4.98 Å². The number of nitriles is 1. The summed E-state index contributed by atoms with van der Waals surface area (Å²) in [4.78, 5) is 17.1. The summed E-state index contributed by atoms with van der Waals surface area (Å²) in [6.07, 6.45) is 4.31. The first-order valence-electron chi connectivity index (χ1n) is 10.3. The Morgan fingerprint density at radius 3 is 2.81 bits per heavy atom. The van der Waals surface area contributed by atoms with Crippen molar-refractivity contribution in [3.8, 4) is 6.07 Å². The molecule has 5 rings (SSSR count). The third-order valence-electron chi connectivity index (χ3n) is 6.21. The second-order valence-corrected chi connectivity index (χ2v) is 10.8. The van der Waals surface area contributed by atoms with Crippen LogP contribution in [0.5, 0.6) is 0 Å². The van der Waals surface area contributed by atoms with Gasteiger partial charge in [0.05, 0.1) is 16.9 Å². The van der Waals surface area contributed by atoms with E-state index in [2.05, 4.69) is 21.7 Å². The Labute approximate surface area is 191 Å². The van der Waals surface area contributed by atoms with Gasteiger partial charge in [0.15, 0.2) is 0 Å². The average molecular weight is 472 g/mol. The zero-order valence-electron chi connectivity index (χ0n) is 17.3. The molecule has 1 unspecified atom stereocenters. The fourth-order valence-electron chi connectivity index (χ4n) is 4.35. The number of aryl methyl sites for hydroxylation is 1. The summed E-state index contributed by atoms with van der Waals surface area (Å²) in [6.45, 7) is 0. The number of hydrogen-bond acceptors (Lipinski definition) is 7. The summed E-state index contributed by atoms with van der Waals surface area (Å²) in [5.41, 5.74) is 2.18. The van der Waals surface area contributed by atoms with E-state index >= 15 is 0 Å². The number of aromatic nitrogens is 2. The Morgan fingerprint density at radius 2 is 2.09 bits per heavy atom. The monoisotopic (exact) mass is 471 g/mol. The molecule has 4 N–H and O–H groups in total. The van der Waals surface area contributed by atoms with Crippen molar-refractivity contribution >= 4 is 50.2 Å². The summed E-state index contributed by atoms with van der Waals surface area (Å²) in [5.74, 6) is 0.655. The minimum Gasteiger partial charge on any atom is -0.380 e. The number of benzene rings is 1. The van der Waals surface area contributed by atoms with Crippen LogP contribution in [0.15, 0.2) is 40.2 Å². The van der Waals surface area contributed by atoms with Crippen LogP contribution in [0.25, 0.3) is 10.9 Å². The lowest BCUT2D eigenvalue weighted by Gasteiger charge is -2.31. The zero-order valence-corrected chi connectivity index (χ0v) is 18.9. The highest BCUT2D eigenvalue weighted by atomic mass is 35.5. The summed E-state index contributed by atoms with van der Waals surface area (Å²) in [7, 11) is -1.60. The molecule has 1 fully saturated rings. The number of fused-ring (bicyclic) bond motifs is 3. The maximum absolute atomic E-state index is 13.1. The van der Waals surface area contributed by atoms with Crippen LogP contribution in [0.2, 0.25) is 5.15 Å². The van der Waals surface area contributed by atoms with Crippen LogP contribution >= 0.6 is 22.2 Å². The summed E-state index contributed by atoms with van der Waals surface area (Å²) < 4.78 is 23.3. The standard InChI is InChI=1S/C22H22ClN5O3S/c1-28-18-5-4-13(26-17-6-8-25-21(23)15(17)11-24)10-14(18)19-20(22(28)29)32(30,31)9-7-16(27-19)12-2-3-12/h4-6,8,10,12,16,27,30-31H,2-3,7,9H2,1H3,(H,25,26). The van der Waals surface area contributed by atoms with E-state index in [-0.39, 0.29) is 27.4 Å². The molecule has 166 valence electrons. The molecule has 1 aliphatic carbocycles. The minimum atomic E-state index is -3.23. The van der Waals surface area contributed by atoms with Crippen molar-refractivity contribution in [3.63, 3.8) is 0 Å². The highest BCUT2D eigenvalue weighted by molar-refractivity contribution is 8.24. The van der Waals surface area contributed by atoms with Crippen molar-refractivity contribution < 1.29 is 9.11 Å². The fourth-order valence-corrected chi connectivity index (χ4v) is 6.25. The second kappa shape index (κ2) is 7.67. The highest BCUT2D eigenvalue weighted by Gasteiger charge is 2.38. The first-order chi connectivity index (χ1) is 15.3. The van der Waals surface area contributed by atoms with Gasteiger partial charge in [0.2, 0.25) is 0 Å². The lowest BCUT2D eigenvalue weighted by molar-refractivity contribution is 0.481. The van der Waals surface area contributed by atoms with Gasteiger partial charge in [0.25, 0.3) is 5.56 Å². The minimum absolute atomic E-state index is 0.0532. The highest BCUT2D eigenvalue weighted by Crippen LogP contribution is 2.55. The first-order valence-corrected chi connectivity index (χ1v) is 12.4. The van der Waals surface area contributed by atoms with E-state index in [4.69, 9.17) is 11.6 Å². The Balaban J connectivity index is 1.69. The SMILES string of the molecule is Cn1c(=O)c2c(c3cc(Nc4ccnc(Cl)c4C#N)ccc31)NC(C1CC1)CCS2(O)O. The molecule has 0 bridgehead atoms. The molecule has 0 radical (unpaired) electrons. The van der Waals surface area contributed by atoms with E-state index in [1.165, 1.54) is 10.8 Å². The number of rotatable bonds is 3. The molecule has 0 amide bonds. The molecule has 1 aliphatic heterocycles. The number of pyridine rings is 2. The molecule has 2 aliphatic rings. The number of nitrogens with one attached hydrogen (secondary N) is 2. The average Bonchev–Trinajstić information content (AvgIpc) is 3.60. The summed E-state index contributed by atoms with van der Waals surface area (Å²) in [5, 5.41) is 16.9. The van der Waals surface area contributed by atoms with Crippen LogP contribution in [0.1, 0.15) is 24.8 Å². The Kier molecular flexibility index (Phi) is 5.06. The van der Waals surface area contributed by atoms with Crippen LogP contribution in [0.4, 0.5) is 17.1 Å². The molecule has 3 heterocycles. The van der Waals surface area contributed by atoms with E-state index in [1.54, 1.807) is 25.2 Å². The van der Waals surface area contributed by atoms with Crippen molar-refractivity contribution in [2.45, 2.75) is 30.2 Å². The molecular weight excluding hydrogens is 450 g/mol. The number of anilines is 3. The molecule has 8 nitrogen and oxygen atoms in total. The van der Waals surface area contributed by atoms with Crippen LogP contribution < -0.4 is 16.2 Å². The van der Waals surface area contributed by atoms with E-state index in [1.807, 2.05) is 6.07 Å². The molecule has 2 aromatic heterocycles. The summed E-state index contributed by atoms with van der Waals surface area (Å²) >= 11 is 6.05. The van der Waals surface area contributed by atoms with Gasteiger partial charge in [-0.3, -0.25) is 13.9 Å². The molecule has 1 aromatic carbocycles. The van der Waals surface area contributed by atoms with Crippen LogP contribution in [0.3, 0.4) is 0 Å². The normalized spacial score (nSPS) is 20.5. The van der Waals surface area contributed by atoms with Gasteiger partial charge >= 0.3 is 0 Å². The molecule has 3 aromatic rings. The molecule has 1 atom stereocenters. The topological polar surface area (TPSA) is 123 Å². The van der Waals surface area contributed by atoms with Crippen molar-refractivity contribution in [2.24, 2.45) is 13.0 Å². The van der Waals surface area contributed by atoms with Gasteiger partial charge in [-0.05, 0) is 49.4 Å². The van der Waals surface area contributed by atoms with Crippen molar-refractivity contribution in [1.29, 1.82) is 5.26 Å². The smallest absolute Gasteiger partial charge is 0.276 e. The van der Waals surface area contributed by atoms with Gasteiger partial charge in [-0.2, -0.15) is 15.9 Å². The molecule has 10 heteroatoms. The molecule has 1 saturated carbocycles. The van der Waals surface area contributed by atoms with Crippen LogP contribution in [-0.4, -0.2) is 30.5 Å². The quantitative estimate of drug-likeness (QED) is 0.400. The number of halogens is 1. The van der Waals surface area contributed by atoms with Crippen molar-refractivity contribution in [2.75, 3.05) is 16.4 Å². The maximum atomic E-state index is 13.1. The zero-order chi connectivity index (χ0) is 22.6. The third-order valence-corrected chi connectivity index (χ3v) is 8.33. The first kappa shape index (κ1) is 21.1. The van der Waals surface area contributed by atoms with Gasteiger partial charge < -0.3 is 15.2 Å². The lowest BCUT2D eigenvalue weighted by Crippen LogP contribution is -2.25. The molecule has 0 saturated heterocycles. The molecular formula is C22H22ClN5O3S. The van der Waals surface area contributed by atoms with E-state index < -0.39 is 16.1 Å². The Bertz CT molecular complexity index is 1350. The number of hydrogen-bond donors (Lipinski definition) is 4. The fraction of sp³-hybridized carbons (Fsp3) is 0.318.